The van der Waals surface area contributed by atoms with E-state index in [0.717, 1.165) is 0 Å². The van der Waals surface area contributed by atoms with Crippen molar-refractivity contribution in [3.05, 3.63) is 24.3 Å². The number of alkyl halides is 3. The molecular formula is C14H19F3N2O2. The second-order valence-electron chi connectivity index (χ2n) is 4.60. The molecule has 3 N–H and O–H groups in total. The lowest BCUT2D eigenvalue weighted by atomic mass is 10.2. The normalized spacial score (nSPS) is 11.4. The van der Waals surface area contributed by atoms with Crippen molar-refractivity contribution in [2.75, 3.05) is 24.3 Å². The molecule has 0 aliphatic rings. The molecule has 0 aliphatic carbocycles. The summed E-state index contributed by atoms with van der Waals surface area (Å²) in [5.74, 6) is -0.168. The summed E-state index contributed by atoms with van der Waals surface area (Å²) >= 11 is 0. The third-order valence-corrected chi connectivity index (χ3v) is 2.64. The summed E-state index contributed by atoms with van der Waals surface area (Å²) in [6.45, 7) is 0.326. The number of halogens is 3. The zero-order valence-corrected chi connectivity index (χ0v) is 11.6. The van der Waals surface area contributed by atoms with Crippen LogP contribution in [0.1, 0.15) is 25.7 Å². The summed E-state index contributed by atoms with van der Waals surface area (Å²) in [4.78, 5) is 11.6. The minimum absolute atomic E-state index is 0.0544. The second kappa shape index (κ2) is 8.51. The summed E-state index contributed by atoms with van der Waals surface area (Å²) in [7, 11) is 0. The number of benzene rings is 1. The summed E-state index contributed by atoms with van der Waals surface area (Å²) in [6.07, 6.45) is -4.31. The van der Waals surface area contributed by atoms with Gasteiger partial charge in [0.2, 0.25) is 5.91 Å². The molecule has 0 fully saturated rings. The van der Waals surface area contributed by atoms with Crippen molar-refractivity contribution in [3.63, 3.8) is 0 Å². The molecule has 0 bridgehead atoms. The molecule has 0 atom stereocenters. The third kappa shape index (κ3) is 8.91. The van der Waals surface area contributed by atoms with Crippen molar-refractivity contribution in [2.24, 2.45) is 0 Å². The Morgan fingerprint density at radius 2 is 1.76 bits per heavy atom. The largest absolute Gasteiger partial charge is 0.399 e. The molecule has 118 valence electrons. The van der Waals surface area contributed by atoms with Gasteiger partial charge in [0.25, 0.3) is 0 Å². The highest BCUT2D eigenvalue weighted by Crippen LogP contribution is 2.21. The first-order chi connectivity index (χ1) is 9.87. The zero-order chi connectivity index (χ0) is 15.7. The molecular weight excluding hydrogens is 285 g/mol. The predicted octanol–water partition coefficient (Wildman–Crippen LogP) is 3.35. The molecule has 0 radical (unpaired) electrons. The molecule has 0 unspecified atom stereocenters. The number of carbonyl (C=O) groups excluding carboxylic acids is 1. The molecule has 0 aromatic heterocycles. The van der Waals surface area contributed by atoms with Gasteiger partial charge in [0.05, 0.1) is 0 Å². The zero-order valence-electron chi connectivity index (χ0n) is 11.6. The van der Waals surface area contributed by atoms with E-state index in [1.807, 2.05) is 0 Å². The van der Waals surface area contributed by atoms with E-state index in [1.54, 1.807) is 24.3 Å². The van der Waals surface area contributed by atoms with Crippen LogP contribution in [0.2, 0.25) is 0 Å². The predicted molar refractivity (Wildman–Crippen MR) is 74.8 cm³/mol. The first kappa shape index (κ1) is 17.3. The van der Waals surface area contributed by atoms with Crippen LogP contribution in [0.4, 0.5) is 24.5 Å². The van der Waals surface area contributed by atoms with Crippen LogP contribution in [-0.2, 0) is 9.53 Å². The summed E-state index contributed by atoms with van der Waals surface area (Å²) < 4.78 is 40.6. The number of hydrogen-bond donors (Lipinski definition) is 2. The van der Waals surface area contributed by atoms with Gasteiger partial charge in [-0.05, 0) is 37.1 Å². The number of anilines is 2. The number of rotatable bonds is 8. The van der Waals surface area contributed by atoms with Gasteiger partial charge in [0.1, 0.15) is 0 Å². The molecule has 0 spiro atoms. The molecule has 0 aliphatic heterocycles. The minimum atomic E-state index is -4.14. The summed E-state index contributed by atoms with van der Waals surface area (Å²) in [5.41, 5.74) is 6.79. The number of nitrogen functional groups attached to an aromatic ring is 1. The van der Waals surface area contributed by atoms with Gasteiger partial charge in [-0.25, -0.2) is 0 Å². The van der Waals surface area contributed by atoms with Crippen LogP contribution in [0, 0.1) is 0 Å². The Balaban J connectivity index is 2.05. The lowest BCUT2D eigenvalue weighted by molar-refractivity contribution is -0.137. The molecule has 21 heavy (non-hydrogen) atoms. The van der Waals surface area contributed by atoms with Gasteiger partial charge >= 0.3 is 6.18 Å². The standard InChI is InChI=1S/C14H19F3N2O2/c15-14(16,17)8-2-10-21-9-1-3-13(20)19-12-6-4-11(18)5-7-12/h4-7H,1-3,8-10,18H2,(H,19,20). The van der Waals surface area contributed by atoms with Gasteiger partial charge in [-0.15, -0.1) is 0 Å². The Morgan fingerprint density at radius 1 is 1.14 bits per heavy atom. The number of carbonyl (C=O) groups is 1. The van der Waals surface area contributed by atoms with Crippen molar-refractivity contribution in [1.82, 2.24) is 0 Å². The summed E-state index contributed by atoms with van der Waals surface area (Å²) in [6, 6.07) is 6.75. The maximum atomic E-state index is 11.9. The van der Waals surface area contributed by atoms with Gasteiger partial charge in [0, 0.05) is 37.4 Å². The van der Waals surface area contributed by atoms with E-state index in [0.29, 0.717) is 17.8 Å². The van der Waals surface area contributed by atoms with Crippen molar-refractivity contribution >= 4 is 17.3 Å². The molecule has 1 aromatic carbocycles. The lowest BCUT2D eigenvalue weighted by Crippen LogP contribution is -2.13. The van der Waals surface area contributed by atoms with Crippen LogP contribution in [0.15, 0.2) is 24.3 Å². The van der Waals surface area contributed by atoms with Gasteiger partial charge in [0.15, 0.2) is 0 Å². The number of ether oxygens (including phenoxy) is 1. The molecule has 1 rings (SSSR count). The number of nitrogens with one attached hydrogen (secondary N) is 1. The van der Waals surface area contributed by atoms with Crippen molar-refractivity contribution in [2.45, 2.75) is 31.9 Å². The van der Waals surface area contributed by atoms with Gasteiger partial charge in [-0.1, -0.05) is 0 Å². The average Bonchev–Trinajstić information content (AvgIpc) is 2.39. The lowest BCUT2D eigenvalue weighted by Gasteiger charge is -2.07. The van der Waals surface area contributed by atoms with Crippen LogP contribution in [0.25, 0.3) is 0 Å². The van der Waals surface area contributed by atoms with Crippen LogP contribution in [0.5, 0.6) is 0 Å². The Kier molecular flexibility index (Phi) is 7.01. The maximum absolute atomic E-state index is 11.9. The molecule has 0 heterocycles. The minimum Gasteiger partial charge on any atom is -0.399 e. The Morgan fingerprint density at radius 3 is 2.38 bits per heavy atom. The highest BCUT2D eigenvalue weighted by atomic mass is 19.4. The van der Waals surface area contributed by atoms with E-state index in [9.17, 15) is 18.0 Å². The van der Waals surface area contributed by atoms with Crippen LogP contribution in [0.3, 0.4) is 0 Å². The first-order valence-corrected chi connectivity index (χ1v) is 6.67. The van der Waals surface area contributed by atoms with E-state index in [1.165, 1.54) is 0 Å². The van der Waals surface area contributed by atoms with Gasteiger partial charge < -0.3 is 15.8 Å². The van der Waals surface area contributed by atoms with E-state index in [2.05, 4.69) is 5.32 Å². The fourth-order valence-corrected chi connectivity index (χ4v) is 1.60. The van der Waals surface area contributed by atoms with Gasteiger partial charge in [-0.2, -0.15) is 13.2 Å². The Bertz CT molecular complexity index is 433. The Labute approximate surface area is 121 Å². The Hall–Kier alpha value is -1.76. The van der Waals surface area contributed by atoms with E-state index in [-0.39, 0.29) is 32.0 Å². The quantitative estimate of drug-likeness (QED) is 0.572. The van der Waals surface area contributed by atoms with Crippen LogP contribution < -0.4 is 11.1 Å². The highest BCUT2D eigenvalue weighted by Gasteiger charge is 2.25. The number of amides is 1. The van der Waals surface area contributed by atoms with Crippen molar-refractivity contribution in [1.29, 1.82) is 0 Å². The van der Waals surface area contributed by atoms with Crippen LogP contribution in [-0.4, -0.2) is 25.3 Å². The SMILES string of the molecule is Nc1ccc(NC(=O)CCCOCCCC(F)(F)F)cc1. The van der Waals surface area contributed by atoms with E-state index < -0.39 is 12.6 Å². The smallest absolute Gasteiger partial charge is 0.389 e. The average molecular weight is 304 g/mol. The fourth-order valence-electron chi connectivity index (χ4n) is 1.60. The first-order valence-electron chi connectivity index (χ1n) is 6.67. The molecule has 7 heteroatoms. The van der Waals surface area contributed by atoms with Gasteiger partial charge in [-0.3, -0.25) is 4.79 Å². The fraction of sp³-hybridized carbons (Fsp3) is 0.500. The molecule has 1 aromatic rings. The van der Waals surface area contributed by atoms with Crippen LogP contribution >= 0.6 is 0 Å². The highest BCUT2D eigenvalue weighted by molar-refractivity contribution is 5.90. The van der Waals surface area contributed by atoms with Crippen molar-refractivity contribution < 1.29 is 22.7 Å². The summed E-state index contributed by atoms with van der Waals surface area (Å²) in [5, 5.41) is 2.69. The van der Waals surface area contributed by atoms with E-state index in [4.69, 9.17) is 10.5 Å². The molecule has 4 nitrogen and oxygen atoms in total. The topological polar surface area (TPSA) is 64.3 Å². The number of hydrogen-bond acceptors (Lipinski definition) is 3. The monoisotopic (exact) mass is 304 g/mol. The maximum Gasteiger partial charge on any atom is 0.389 e. The molecule has 1 amide bonds. The molecule has 0 saturated carbocycles. The second-order valence-corrected chi connectivity index (χ2v) is 4.60. The van der Waals surface area contributed by atoms with Crippen molar-refractivity contribution in [3.8, 4) is 0 Å². The number of nitrogens with two attached hydrogens (primary N) is 1. The molecule has 0 saturated heterocycles. The third-order valence-electron chi connectivity index (χ3n) is 2.64. The van der Waals surface area contributed by atoms with E-state index >= 15 is 0 Å².